The Bertz CT molecular complexity index is 1250. The van der Waals surface area contributed by atoms with Crippen molar-refractivity contribution in [2.45, 2.75) is 51.1 Å². The van der Waals surface area contributed by atoms with E-state index in [2.05, 4.69) is 14.4 Å². The van der Waals surface area contributed by atoms with Gasteiger partial charge in [-0.2, -0.15) is 13.2 Å². The van der Waals surface area contributed by atoms with Crippen molar-refractivity contribution in [3.8, 4) is 22.4 Å². The molecule has 3 aromatic heterocycles. The van der Waals surface area contributed by atoms with E-state index < -0.39 is 11.7 Å². The first kappa shape index (κ1) is 21.7. The maximum Gasteiger partial charge on any atom is 0.416 e. The van der Waals surface area contributed by atoms with Gasteiger partial charge in [-0.25, -0.2) is 4.98 Å². The molecule has 0 unspecified atom stereocenters. The second-order valence-electron chi connectivity index (χ2n) is 8.94. The highest BCUT2D eigenvalue weighted by Crippen LogP contribution is 2.35. The van der Waals surface area contributed by atoms with Crippen molar-refractivity contribution in [1.82, 2.24) is 14.4 Å². The molecule has 0 spiro atoms. The molecule has 6 heteroatoms. The van der Waals surface area contributed by atoms with E-state index in [1.165, 1.54) is 56.4 Å². The molecule has 3 heterocycles. The Morgan fingerprint density at radius 2 is 1.70 bits per heavy atom. The molecule has 0 bridgehead atoms. The van der Waals surface area contributed by atoms with Gasteiger partial charge in [0.15, 0.2) is 0 Å². The summed E-state index contributed by atoms with van der Waals surface area (Å²) < 4.78 is 42.0. The molecule has 170 valence electrons. The molecule has 5 rings (SSSR count). The van der Waals surface area contributed by atoms with Gasteiger partial charge >= 0.3 is 6.18 Å². The van der Waals surface area contributed by atoms with Crippen molar-refractivity contribution < 1.29 is 13.2 Å². The fourth-order valence-electron chi connectivity index (χ4n) is 4.92. The second-order valence-corrected chi connectivity index (χ2v) is 8.94. The molecule has 1 saturated carbocycles. The first-order valence-corrected chi connectivity index (χ1v) is 11.6. The smallest absolute Gasteiger partial charge is 0.303 e. The zero-order valence-corrected chi connectivity index (χ0v) is 18.4. The molecule has 0 saturated heterocycles. The number of aromatic nitrogens is 3. The fourth-order valence-corrected chi connectivity index (χ4v) is 4.92. The monoisotopic (exact) mass is 449 g/mol. The highest BCUT2D eigenvalue weighted by atomic mass is 19.4. The summed E-state index contributed by atoms with van der Waals surface area (Å²) in [5.74, 6) is 0.676. The van der Waals surface area contributed by atoms with Gasteiger partial charge in [0.2, 0.25) is 0 Å². The minimum Gasteiger partial charge on any atom is -0.303 e. The van der Waals surface area contributed by atoms with Crippen LogP contribution in [0, 0.1) is 5.92 Å². The van der Waals surface area contributed by atoms with E-state index in [1.54, 1.807) is 12.3 Å². The number of rotatable bonds is 4. The molecule has 0 radical (unpaired) electrons. The number of imidazole rings is 1. The van der Waals surface area contributed by atoms with E-state index in [0.717, 1.165) is 29.3 Å². The molecule has 0 atom stereocenters. The molecule has 1 aromatic carbocycles. The lowest BCUT2D eigenvalue weighted by Gasteiger charge is -2.14. The van der Waals surface area contributed by atoms with E-state index in [0.29, 0.717) is 17.2 Å². The zero-order chi connectivity index (χ0) is 22.8. The van der Waals surface area contributed by atoms with Crippen molar-refractivity contribution in [2.75, 3.05) is 0 Å². The zero-order valence-electron chi connectivity index (χ0n) is 18.4. The van der Waals surface area contributed by atoms with E-state index in [-0.39, 0.29) is 0 Å². The normalized spacial score (nSPS) is 15.6. The third kappa shape index (κ3) is 4.65. The van der Waals surface area contributed by atoms with Gasteiger partial charge in [0.1, 0.15) is 5.65 Å². The SMILES string of the molecule is FC(F)(F)c1cccc(-c2ncccc2-c2ccc3ncc(CC4CCCCCC4)n3c2)c1. The number of nitrogens with zero attached hydrogens (tertiary/aromatic N) is 3. The van der Waals surface area contributed by atoms with Gasteiger partial charge in [-0.05, 0) is 42.7 Å². The first-order chi connectivity index (χ1) is 16.0. The van der Waals surface area contributed by atoms with Crippen LogP contribution in [0.25, 0.3) is 28.0 Å². The summed E-state index contributed by atoms with van der Waals surface area (Å²) in [6, 6.07) is 13.0. The topological polar surface area (TPSA) is 30.2 Å². The van der Waals surface area contributed by atoms with Crippen molar-refractivity contribution in [2.24, 2.45) is 5.92 Å². The average Bonchev–Trinajstić information content (AvgIpc) is 3.03. The number of hydrogen-bond acceptors (Lipinski definition) is 2. The van der Waals surface area contributed by atoms with E-state index in [9.17, 15) is 13.2 Å². The number of pyridine rings is 2. The van der Waals surface area contributed by atoms with Crippen LogP contribution in [-0.4, -0.2) is 14.4 Å². The van der Waals surface area contributed by atoms with Crippen LogP contribution in [0.2, 0.25) is 0 Å². The van der Waals surface area contributed by atoms with Gasteiger partial charge in [-0.1, -0.05) is 56.7 Å². The Morgan fingerprint density at radius 3 is 2.48 bits per heavy atom. The first-order valence-electron chi connectivity index (χ1n) is 11.6. The summed E-state index contributed by atoms with van der Waals surface area (Å²) in [6.07, 6.45) is 9.98. The summed E-state index contributed by atoms with van der Waals surface area (Å²) in [5.41, 5.74) is 4.08. The summed E-state index contributed by atoms with van der Waals surface area (Å²) in [7, 11) is 0. The maximum atomic E-state index is 13.3. The van der Waals surface area contributed by atoms with Crippen LogP contribution in [0.4, 0.5) is 13.2 Å². The number of benzene rings is 1. The van der Waals surface area contributed by atoms with E-state index in [4.69, 9.17) is 0 Å². The Balaban J connectivity index is 1.53. The Hall–Kier alpha value is -3.15. The predicted octanol–water partition coefficient (Wildman–Crippen LogP) is 7.60. The van der Waals surface area contributed by atoms with Crippen molar-refractivity contribution >= 4 is 5.65 Å². The van der Waals surface area contributed by atoms with Crippen LogP contribution in [0.5, 0.6) is 0 Å². The lowest BCUT2D eigenvalue weighted by Crippen LogP contribution is -2.06. The van der Waals surface area contributed by atoms with E-state index in [1.807, 2.05) is 36.7 Å². The summed E-state index contributed by atoms with van der Waals surface area (Å²) in [4.78, 5) is 9.03. The quantitative estimate of drug-likeness (QED) is 0.300. The predicted molar refractivity (Wildman–Crippen MR) is 124 cm³/mol. The van der Waals surface area contributed by atoms with Crippen LogP contribution < -0.4 is 0 Å². The second kappa shape index (κ2) is 9.00. The number of fused-ring (bicyclic) bond motifs is 1. The van der Waals surface area contributed by atoms with Crippen LogP contribution in [-0.2, 0) is 12.6 Å². The summed E-state index contributed by atoms with van der Waals surface area (Å²) >= 11 is 0. The molecule has 0 aliphatic heterocycles. The molecule has 0 amide bonds. The highest BCUT2D eigenvalue weighted by Gasteiger charge is 2.30. The van der Waals surface area contributed by atoms with Crippen LogP contribution in [0.3, 0.4) is 0 Å². The molecule has 0 N–H and O–H groups in total. The van der Waals surface area contributed by atoms with E-state index >= 15 is 0 Å². The highest BCUT2D eigenvalue weighted by molar-refractivity contribution is 5.81. The largest absolute Gasteiger partial charge is 0.416 e. The Morgan fingerprint density at radius 1 is 0.879 bits per heavy atom. The maximum absolute atomic E-state index is 13.3. The van der Waals surface area contributed by atoms with Crippen LogP contribution in [0.15, 0.2) is 67.1 Å². The molecule has 3 nitrogen and oxygen atoms in total. The summed E-state index contributed by atoms with van der Waals surface area (Å²) in [5, 5.41) is 0. The standard InChI is InChI=1S/C27H26F3N3/c28-27(29,30)22-10-5-9-20(16-22)26-24(11-6-14-31-26)21-12-13-25-32-17-23(33(25)18-21)15-19-7-3-1-2-4-8-19/h5-6,9-14,16-19H,1-4,7-8,15H2. The molecular formula is C27H26F3N3. The third-order valence-electron chi connectivity index (χ3n) is 6.64. The molecule has 1 fully saturated rings. The van der Waals surface area contributed by atoms with Gasteiger partial charge in [-0.15, -0.1) is 0 Å². The Kier molecular flexibility index (Phi) is 5.92. The van der Waals surface area contributed by atoms with Gasteiger partial charge in [0.25, 0.3) is 0 Å². The Labute approximate surface area is 191 Å². The number of halogens is 3. The van der Waals surface area contributed by atoms with Crippen molar-refractivity contribution in [3.63, 3.8) is 0 Å². The van der Waals surface area contributed by atoms with Gasteiger partial charge in [-0.3, -0.25) is 4.98 Å². The van der Waals surface area contributed by atoms with Gasteiger partial charge < -0.3 is 4.40 Å². The molecule has 1 aliphatic rings. The number of hydrogen-bond donors (Lipinski definition) is 0. The minimum atomic E-state index is -4.40. The summed E-state index contributed by atoms with van der Waals surface area (Å²) in [6.45, 7) is 0. The lowest BCUT2D eigenvalue weighted by atomic mass is 9.95. The molecule has 33 heavy (non-hydrogen) atoms. The van der Waals surface area contributed by atoms with Crippen molar-refractivity contribution in [3.05, 3.63) is 78.4 Å². The van der Waals surface area contributed by atoms with Crippen LogP contribution >= 0.6 is 0 Å². The molecular weight excluding hydrogens is 423 g/mol. The van der Waals surface area contributed by atoms with Gasteiger partial charge in [0, 0.05) is 41.0 Å². The minimum absolute atomic E-state index is 0.449. The van der Waals surface area contributed by atoms with Crippen molar-refractivity contribution in [1.29, 1.82) is 0 Å². The molecule has 1 aliphatic carbocycles. The van der Waals surface area contributed by atoms with Gasteiger partial charge in [0.05, 0.1) is 11.3 Å². The third-order valence-corrected chi connectivity index (χ3v) is 6.64. The fraction of sp³-hybridized carbons (Fsp3) is 0.333. The number of alkyl halides is 3. The lowest BCUT2D eigenvalue weighted by molar-refractivity contribution is -0.137. The van der Waals surface area contributed by atoms with Crippen LogP contribution in [0.1, 0.15) is 49.8 Å². The molecule has 4 aromatic rings. The average molecular weight is 450 g/mol.